The van der Waals surface area contributed by atoms with Gasteiger partial charge < -0.3 is 0 Å². The Bertz CT molecular complexity index is 645. The highest BCUT2D eigenvalue weighted by Gasteiger charge is 2.41. The first kappa shape index (κ1) is 15.2. The Morgan fingerprint density at radius 3 is 2.41 bits per heavy atom. The minimum Gasteiger partial charge on any atom is -0.292 e. The maximum Gasteiger partial charge on any atom is 0.233 e. The number of nitro groups is 1. The van der Waals surface area contributed by atoms with Gasteiger partial charge in [0.15, 0.2) is 0 Å². The predicted molar refractivity (Wildman–Crippen MR) is 89.4 cm³/mol. The van der Waals surface area contributed by atoms with E-state index >= 15 is 0 Å². The molecule has 2 aromatic rings. The zero-order valence-corrected chi connectivity index (χ0v) is 13.6. The molecule has 2 aromatic carbocycles. The molecule has 0 saturated carbocycles. The summed E-state index contributed by atoms with van der Waals surface area (Å²) in [6, 6.07) is 17.4. The van der Waals surface area contributed by atoms with Crippen LogP contribution in [-0.4, -0.2) is 29.0 Å². The van der Waals surface area contributed by atoms with Crippen LogP contribution in [0, 0.1) is 10.1 Å². The van der Waals surface area contributed by atoms with Gasteiger partial charge in [0.1, 0.15) is 0 Å². The van der Waals surface area contributed by atoms with Crippen LogP contribution in [0.4, 0.5) is 0 Å². The monoisotopic (exact) mass is 360 g/mol. The lowest BCUT2D eigenvalue weighted by molar-refractivity contribution is -0.521. The van der Waals surface area contributed by atoms with Crippen LogP contribution in [0.5, 0.6) is 0 Å². The summed E-state index contributed by atoms with van der Waals surface area (Å²) in [5.41, 5.74) is 2.24. The Morgan fingerprint density at radius 1 is 1.09 bits per heavy atom. The van der Waals surface area contributed by atoms with Crippen molar-refractivity contribution in [3.63, 3.8) is 0 Å². The van der Waals surface area contributed by atoms with E-state index in [1.54, 1.807) is 0 Å². The molecule has 0 radical (unpaired) electrons. The van der Waals surface area contributed by atoms with Crippen molar-refractivity contribution in [3.05, 3.63) is 80.3 Å². The van der Waals surface area contributed by atoms with Gasteiger partial charge in [-0.3, -0.25) is 15.0 Å². The van der Waals surface area contributed by atoms with E-state index in [0.29, 0.717) is 6.54 Å². The van der Waals surface area contributed by atoms with E-state index in [2.05, 4.69) is 33.0 Å². The predicted octanol–water partition coefficient (Wildman–Crippen LogP) is 3.69. The van der Waals surface area contributed by atoms with E-state index in [0.717, 1.165) is 23.1 Å². The van der Waals surface area contributed by atoms with Crippen molar-refractivity contribution in [1.29, 1.82) is 0 Å². The second-order valence-electron chi connectivity index (χ2n) is 5.69. The highest BCUT2D eigenvalue weighted by atomic mass is 79.9. The van der Waals surface area contributed by atoms with Gasteiger partial charge in [-0.05, 0) is 23.3 Å². The molecule has 0 spiro atoms. The molecule has 1 heterocycles. The minimum absolute atomic E-state index is 0.0492. The standard InChI is InChI=1S/C17H17BrN2O2/c18-15-8-6-14(7-9-15)16-11-19(12-17(16)20(21)22)10-13-4-2-1-3-5-13/h1-9,16-17H,10-12H2/t16-,17+/m1/s1. The molecule has 0 unspecified atom stereocenters. The smallest absolute Gasteiger partial charge is 0.233 e. The maximum absolute atomic E-state index is 11.4. The lowest BCUT2D eigenvalue weighted by Gasteiger charge is -2.15. The molecule has 0 aliphatic carbocycles. The Labute approximate surface area is 138 Å². The zero-order valence-electron chi connectivity index (χ0n) is 12.1. The first-order valence-electron chi connectivity index (χ1n) is 7.29. The van der Waals surface area contributed by atoms with E-state index < -0.39 is 6.04 Å². The second kappa shape index (κ2) is 6.58. The van der Waals surface area contributed by atoms with Crippen molar-refractivity contribution in [2.45, 2.75) is 18.5 Å². The summed E-state index contributed by atoms with van der Waals surface area (Å²) < 4.78 is 0.994. The van der Waals surface area contributed by atoms with E-state index in [9.17, 15) is 10.1 Å². The molecule has 1 aliphatic rings. The quantitative estimate of drug-likeness (QED) is 0.616. The van der Waals surface area contributed by atoms with Gasteiger partial charge in [-0.25, -0.2) is 0 Å². The van der Waals surface area contributed by atoms with Gasteiger partial charge in [0.05, 0.1) is 12.5 Å². The summed E-state index contributed by atoms with van der Waals surface area (Å²) in [5.74, 6) is -0.0492. The summed E-state index contributed by atoms with van der Waals surface area (Å²) in [6.45, 7) is 1.99. The molecule has 1 fully saturated rings. The molecule has 0 bridgehead atoms. The maximum atomic E-state index is 11.4. The average Bonchev–Trinajstić information content (AvgIpc) is 2.93. The van der Waals surface area contributed by atoms with Gasteiger partial charge in [0.2, 0.25) is 6.04 Å². The molecular weight excluding hydrogens is 344 g/mol. The van der Waals surface area contributed by atoms with Crippen LogP contribution in [0.1, 0.15) is 17.0 Å². The Balaban J connectivity index is 1.77. The molecule has 2 atom stereocenters. The number of likely N-dealkylation sites (tertiary alicyclic amines) is 1. The summed E-state index contributed by atoms with van der Waals surface area (Å²) in [6.07, 6.45) is 0. The topological polar surface area (TPSA) is 46.4 Å². The third-order valence-corrected chi connectivity index (χ3v) is 4.71. The highest BCUT2D eigenvalue weighted by molar-refractivity contribution is 9.10. The second-order valence-corrected chi connectivity index (χ2v) is 6.61. The molecule has 0 amide bonds. The van der Waals surface area contributed by atoms with Gasteiger partial charge in [-0.15, -0.1) is 0 Å². The molecule has 1 saturated heterocycles. The number of benzene rings is 2. The van der Waals surface area contributed by atoms with Crippen molar-refractivity contribution in [3.8, 4) is 0 Å². The average molecular weight is 361 g/mol. The van der Waals surface area contributed by atoms with Crippen molar-refractivity contribution < 1.29 is 4.92 Å². The van der Waals surface area contributed by atoms with Crippen LogP contribution in [0.2, 0.25) is 0 Å². The fourth-order valence-electron chi connectivity index (χ4n) is 3.09. The Hall–Kier alpha value is -1.72. The largest absolute Gasteiger partial charge is 0.292 e. The molecule has 3 rings (SSSR count). The number of hydrogen-bond acceptors (Lipinski definition) is 3. The highest BCUT2D eigenvalue weighted by Crippen LogP contribution is 2.31. The molecule has 114 valence electrons. The van der Waals surface area contributed by atoms with Crippen LogP contribution in [-0.2, 0) is 6.54 Å². The Morgan fingerprint density at radius 2 is 1.77 bits per heavy atom. The number of rotatable bonds is 4. The third-order valence-electron chi connectivity index (χ3n) is 4.18. The van der Waals surface area contributed by atoms with Gasteiger partial charge in [-0.2, -0.15) is 0 Å². The normalized spacial score (nSPS) is 21.9. The van der Waals surface area contributed by atoms with Crippen molar-refractivity contribution >= 4 is 15.9 Å². The summed E-state index contributed by atoms with van der Waals surface area (Å²) >= 11 is 3.41. The number of nitrogens with zero attached hydrogens (tertiary/aromatic N) is 2. The number of halogens is 1. The van der Waals surface area contributed by atoms with Crippen LogP contribution in [0.25, 0.3) is 0 Å². The fourth-order valence-corrected chi connectivity index (χ4v) is 3.35. The van der Waals surface area contributed by atoms with Crippen molar-refractivity contribution in [1.82, 2.24) is 4.90 Å². The molecular formula is C17H17BrN2O2. The van der Waals surface area contributed by atoms with Gasteiger partial charge in [0, 0.05) is 22.5 Å². The van der Waals surface area contributed by atoms with E-state index in [1.807, 2.05) is 42.5 Å². The summed E-state index contributed by atoms with van der Waals surface area (Å²) in [7, 11) is 0. The molecule has 0 N–H and O–H groups in total. The summed E-state index contributed by atoms with van der Waals surface area (Å²) in [5, 5.41) is 11.4. The first-order valence-corrected chi connectivity index (χ1v) is 8.08. The van der Waals surface area contributed by atoms with Crippen LogP contribution in [0.15, 0.2) is 59.1 Å². The van der Waals surface area contributed by atoms with E-state index in [1.165, 1.54) is 5.56 Å². The molecule has 0 aromatic heterocycles. The minimum atomic E-state index is -0.537. The van der Waals surface area contributed by atoms with Crippen LogP contribution in [0.3, 0.4) is 0 Å². The van der Waals surface area contributed by atoms with E-state index in [4.69, 9.17) is 0 Å². The molecule has 5 heteroatoms. The fraction of sp³-hybridized carbons (Fsp3) is 0.294. The molecule has 22 heavy (non-hydrogen) atoms. The summed E-state index contributed by atoms with van der Waals surface area (Å²) in [4.78, 5) is 13.5. The number of hydrogen-bond donors (Lipinski definition) is 0. The molecule has 4 nitrogen and oxygen atoms in total. The first-order chi connectivity index (χ1) is 10.6. The lowest BCUT2D eigenvalue weighted by atomic mass is 9.95. The van der Waals surface area contributed by atoms with Gasteiger partial charge in [-0.1, -0.05) is 58.4 Å². The molecule has 1 aliphatic heterocycles. The Kier molecular flexibility index (Phi) is 4.55. The zero-order chi connectivity index (χ0) is 15.5. The van der Waals surface area contributed by atoms with Gasteiger partial charge >= 0.3 is 0 Å². The van der Waals surface area contributed by atoms with E-state index in [-0.39, 0.29) is 10.8 Å². The van der Waals surface area contributed by atoms with Gasteiger partial charge in [0.25, 0.3) is 0 Å². The van der Waals surface area contributed by atoms with Crippen LogP contribution < -0.4 is 0 Å². The van der Waals surface area contributed by atoms with Crippen molar-refractivity contribution in [2.24, 2.45) is 0 Å². The van der Waals surface area contributed by atoms with Crippen LogP contribution >= 0.6 is 15.9 Å². The third kappa shape index (κ3) is 3.36. The SMILES string of the molecule is O=[N+]([O-])[C@H]1CN(Cc2ccccc2)C[C@@H]1c1ccc(Br)cc1. The lowest BCUT2D eigenvalue weighted by Crippen LogP contribution is -2.28. The van der Waals surface area contributed by atoms with Crippen molar-refractivity contribution in [2.75, 3.05) is 13.1 Å².